The van der Waals surface area contributed by atoms with Crippen molar-refractivity contribution in [3.8, 4) is 50.3 Å². The van der Waals surface area contributed by atoms with Crippen LogP contribution in [0.4, 0.5) is 19.5 Å². The number of thiazole rings is 4. The van der Waals surface area contributed by atoms with Gasteiger partial charge < -0.3 is 45.3 Å². The maximum Gasteiger partial charge on any atom is 0.339 e. The first-order valence-electron chi connectivity index (χ1n) is 42.0. The summed E-state index contributed by atoms with van der Waals surface area (Å²) in [5.74, 6) is -8.20. The molecule has 10 heterocycles. The summed E-state index contributed by atoms with van der Waals surface area (Å²) in [5, 5.41) is 67.0. The van der Waals surface area contributed by atoms with Gasteiger partial charge in [-0.15, -0.1) is 95.8 Å². The lowest BCUT2D eigenvalue weighted by molar-refractivity contribution is -0.132. The number of hydrogen-bond donors (Lipinski definition) is 7. The molecule has 2 amide bonds. The van der Waals surface area contributed by atoms with Crippen LogP contribution in [0, 0.1) is 25.1 Å². The molecule has 10 aromatic carbocycles. The highest BCUT2D eigenvalue weighted by Gasteiger charge is 2.32. The maximum atomic E-state index is 14.4. The highest BCUT2D eigenvalue weighted by molar-refractivity contribution is 7.18. The minimum absolute atomic E-state index is 0.00635. The van der Waals surface area contributed by atoms with Crippen LogP contribution in [0.1, 0.15) is 126 Å². The number of para-hydroxylation sites is 1. The molecule has 0 spiro atoms. The molecular weight excluding hydrogens is 2070 g/mol. The number of thiophene rings is 4. The molecule has 0 unspecified atom stereocenters. The quantitative estimate of drug-likeness (QED) is 0.0218. The number of benzene rings is 10. The lowest BCUT2D eigenvalue weighted by Gasteiger charge is -2.09. The fourth-order valence-corrected chi connectivity index (χ4v) is 23.0. The van der Waals surface area contributed by atoms with Gasteiger partial charge in [-0.3, -0.25) is 24.0 Å². The highest BCUT2D eigenvalue weighted by Crippen LogP contribution is 2.44. The van der Waals surface area contributed by atoms with Crippen LogP contribution >= 0.6 is 137 Å². The van der Waals surface area contributed by atoms with E-state index in [4.69, 9.17) is 50.5 Å². The van der Waals surface area contributed by atoms with Crippen molar-refractivity contribution in [3.05, 3.63) is 369 Å². The van der Waals surface area contributed by atoms with Crippen LogP contribution in [0.2, 0.25) is 15.1 Å². The lowest BCUT2D eigenvalue weighted by Crippen LogP contribution is -2.24. The number of carbonyl (C=O) groups is 10. The van der Waals surface area contributed by atoms with Gasteiger partial charge in [-0.1, -0.05) is 112 Å². The van der Waals surface area contributed by atoms with Crippen molar-refractivity contribution in [3.63, 3.8) is 0 Å². The zero-order chi connectivity index (χ0) is 101. The van der Waals surface area contributed by atoms with Crippen molar-refractivity contribution in [2.24, 2.45) is 0 Å². The van der Waals surface area contributed by atoms with Crippen LogP contribution in [0.25, 0.3) is 117 Å². The summed E-state index contributed by atoms with van der Waals surface area (Å²) in [6, 6.07) is 54.7. The summed E-state index contributed by atoms with van der Waals surface area (Å²) in [4.78, 5) is 145. The summed E-state index contributed by atoms with van der Waals surface area (Å²) in [5.41, 5.74) is 18.3. The molecule has 10 aromatic heterocycles. The molecule has 143 heavy (non-hydrogen) atoms. The number of amides is 2. The van der Waals surface area contributed by atoms with E-state index in [0.29, 0.717) is 126 Å². The fourth-order valence-electron chi connectivity index (χ4n) is 15.3. The zero-order valence-corrected chi connectivity index (χ0v) is 82.9. The normalized spacial score (nSPS) is 11.5. The summed E-state index contributed by atoms with van der Waals surface area (Å²) < 4.78 is 48.3. The third-order valence-electron chi connectivity index (χ3n) is 22.3. The van der Waals surface area contributed by atoms with Gasteiger partial charge in [0, 0.05) is 123 Å². The number of furan rings is 1. The number of carboxylic acid groups (broad SMARTS) is 5. The summed E-state index contributed by atoms with van der Waals surface area (Å²) in [6.07, 6.45) is 1.91. The van der Waals surface area contributed by atoms with Gasteiger partial charge in [-0.05, 0) is 184 Å². The van der Waals surface area contributed by atoms with Crippen molar-refractivity contribution in [1.82, 2.24) is 34.8 Å². The van der Waals surface area contributed by atoms with Crippen LogP contribution < -0.4 is 15.4 Å². The Balaban J connectivity index is 0.000000123. The molecule has 710 valence electrons. The number of ether oxygens (including phenoxy) is 1. The number of rotatable bonds is 24. The zero-order valence-electron chi connectivity index (χ0n) is 73.3. The third kappa shape index (κ3) is 21.8. The van der Waals surface area contributed by atoms with E-state index >= 15 is 0 Å². The van der Waals surface area contributed by atoms with Gasteiger partial charge in [-0.25, -0.2) is 57.5 Å². The number of carboxylic acids is 5. The predicted molar refractivity (Wildman–Crippen MR) is 558 cm³/mol. The van der Waals surface area contributed by atoms with Crippen LogP contribution in [-0.4, -0.2) is 121 Å². The van der Waals surface area contributed by atoms with E-state index < -0.39 is 47.4 Å². The molecule has 40 heteroatoms. The van der Waals surface area contributed by atoms with Gasteiger partial charge in [0.1, 0.15) is 21.8 Å². The minimum Gasteiger partial charge on any atom is -0.493 e. The Morgan fingerprint density at radius 3 is 1.38 bits per heavy atom. The Morgan fingerprint density at radius 1 is 0.448 bits per heavy atom. The van der Waals surface area contributed by atoms with Crippen LogP contribution in [0.15, 0.2) is 259 Å². The van der Waals surface area contributed by atoms with E-state index in [1.807, 2.05) is 30.3 Å². The molecule has 0 fully saturated rings. The number of aromatic nitrogens is 6. The molecule has 21 rings (SSSR count). The number of aromatic carboxylic acids is 4. The molecule has 0 aliphatic heterocycles. The Morgan fingerprint density at radius 2 is 0.895 bits per heavy atom. The molecule has 26 nitrogen and oxygen atoms in total. The lowest BCUT2D eigenvalue weighted by atomic mass is 9.98. The number of ketones is 3. The van der Waals surface area contributed by atoms with Crippen molar-refractivity contribution >= 4 is 274 Å². The van der Waals surface area contributed by atoms with Gasteiger partial charge in [0.15, 0.2) is 46.0 Å². The average Bonchev–Trinajstić information content (AvgIpc) is 1.65. The first kappa shape index (κ1) is 99.3. The molecule has 20 aromatic rings. The number of halogens is 5. The van der Waals surface area contributed by atoms with E-state index in [1.54, 1.807) is 203 Å². The van der Waals surface area contributed by atoms with Gasteiger partial charge in [0.2, 0.25) is 0 Å². The number of methoxy groups -OCH3 is 1. The Kier molecular flexibility index (Phi) is 30.2. The SMILES string of the molecule is COc1cccc2cc(C3=CCC(NC(=O)c4ccc5scnc5c4)=C3C(=O)O)oc12.Cc1ccc(-c2csc(CC(=O)c3ccc4scnc4c3)c2C(=O)O)c(F)c1F.O=C(Cc1scc(-c2ccc(Cl)cc2)c1C(=O)O)c1ccc2scnc2c1.O=C(Nc1scc(-c2ccc(Cl)c(Cl)c2)c1C(=O)O)c1ccc2snnc2c1.[C-]#[N+]c1ccc(-c2csc(CC(=O)c3ccc4scnc4c3)c2C(=O)O)cc1. The summed E-state index contributed by atoms with van der Waals surface area (Å²) >= 11 is 29.8. The maximum absolute atomic E-state index is 14.4. The van der Waals surface area contributed by atoms with E-state index in [0.717, 1.165) is 73.7 Å². The number of aryl methyl sites for hydroxylation is 1. The molecule has 0 saturated heterocycles. The van der Waals surface area contributed by atoms with Gasteiger partial charge >= 0.3 is 29.8 Å². The number of Topliss-reactive ketones (excluding diaryl/α,β-unsaturated/α-hetero) is 3. The standard InChI is InChI=1S/C23H16N2O5S.C21H13F2NO3S2.C21H12N2O3S2.C20H12ClNO3S2.C18H9Cl2N3O3S2/c1-29-17-4-2-3-12-10-18(30-21(12)17)14-6-7-15(20(14)23(27)28)25-22(26)13-5-8-19-16(9-13)24-11-31-19;1-10-2-4-12(20(23)19(10)22)13-8-28-17(18(13)21(26)27)7-15(25)11-3-5-16-14(6-11)24-9-29-16;1-22-14-5-2-12(3-6-14)15-10-27-19(20(15)21(25)26)9-17(24)13-4-7-18-16(8-13)23-11-28-18;21-13-4-1-11(2-5-13)14-9-26-18(19(14)20(24)25)8-16(23)12-3-6-17-15(7-12)22-10-27-17;19-11-3-1-8(5-12(11)20)10-7-27-17(15(10)18(25)26)21-16(24)9-2-4-14-13(6-9)22-23-28-14/h2-6,8-11H,7H2,1H3,(H,25,26)(H,27,28);2-6,8-9H,7H2,1H3,(H,26,27);2-8,10-11H,9H2,(H,25,26);1-7,9-10H,8H2,(H,24,25);1-7H,(H,21,24)(H,25,26). The molecule has 0 atom stereocenters. The highest BCUT2D eigenvalue weighted by atomic mass is 35.5. The second kappa shape index (κ2) is 43.4. The number of carbonyl (C=O) groups excluding carboxylic acids is 5. The minimum atomic E-state index is -1.29. The molecule has 0 bridgehead atoms. The Labute approximate surface area is 857 Å². The fraction of sp³-hybridized carbons (Fsp3) is 0.0583. The van der Waals surface area contributed by atoms with Crippen molar-refractivity contribution in [2.45, 2.75) is 32.6 Å². The van der Waals surface area contributed by atoms with E-state index in [2.05, 4.69) is 45.0 Å². The van der Waals surface area contributed by atoms with Crippen LogP contribution in [0.3, 0.4) is 0 Å². The topological polar surface area (TPSA) is 400 Å². The number of nitrogens with one attached hydrogen (secondary N) is 2. The van der Waals surface area contributed by atoms with Gasteiger partial charge in [0.25, 0.3) is 11.8 Å². The smallest absolute Gasteiger partial charge is 0.339 e. The number of allylic oxidation sites excluding steroid dienone is 1. The number of nitrogens with zero attached hydrogens (tertiary/aromatic N) is 7. The number of anilines is 1. The van der Waals surface area contributed by atoms with Crippen molar-refractivity contribution in [2.75, 3.05) is 12.4 Å². The van der Waals surface area contributed by atoms with Gasteiger partial charge in [-0.2, -0.15) is 0 Å². The molecule has 0 saturated carbocycles. The Hall–Kier alpha value is -15.3. The third-order valence-corrected chi connectivity index (χ3v) is 31.1. The first-order chi connectivity index (χ1) is 68.9. The number of fused-ring (bicyclic) bond motifs is 6. The largest absolute Gasteiger partial charge is 0.493 e. The number of hydrogen-bond acceptors (Lipinski definition) is 27. The van der Waals surface area contributed by atoms with E-state index in [9.17, 15) is 82.3 Å². The van der Waals surface area contributed by atoms with Crippen LogP contribution in [-0.2, 0) is 24.1 Å². The van der Waals surface area contributed by atoms with Crippen molar-refractivity contribution in [1.29, 1.82) is 0 Å². The summed E-state index contributed by atoms with van der Waals surface area (Å²) in [7, 11) is 1.55. The molecule has 1 aliphatic carbocycles. The molecule has 1 aliphatic rings. The van der Waals surface area contributed by atoms with Crippen LogP contribution in [0.5, 0.6) is 5.75 Å². The predicted octanol–water partition coefficient (Wildman–Crippen LogP) is 27.5. The summed E-state index contributed by atoms with van der Waals surface area (Å²) in [6.45, 7) is 8.45. The molecule has 7 N–H and O–H groups in total. The van der Waals surface area contributed by atoms with Gasteiger partial charge in [0.05, 0.1) is 114 Å². The second-order valence-corrected chi connectivity index (χ2v) is 40.4. The number of aliphatic carboxylic acids is 1. The molecular formula is C103H62Cl3F2N9O17S9. The second-order valence-electron chi connectivity index (χ2n) is 31.0. The average molecular weight is 2130 g/mol. The Bertz CT molecular complexity index is 8660. The van der Waals surface area contributed by atoms with Crippen molar-refractivity contribution < 1.29 is 91.4 Å². The van der Waals surface area contributed by atoms with E-state index in [-0.39, 0.29) is 103 Å². The molecule has 0 radical (unpaired) electrons. The van der Waals surface area contributed by atoms with E-state index in [1.165, 1.54) is 104 Å². The first-order valence-corrected chi connectivity index (χ1v) is 50.9. The monoisotopic (exact) mass is 2130 g/mol.